The molecule has 0 spiro atoms. The fourth-order valence-corrected chi connectivity index (χ4v) is 2.16. The van der Waals surface area contributed by atoms with Gasteiger partial charge in [-0.2, -0.15) is 0 Å². The molecular weight excluding hydrogens is 286 g/mol. The van der Waals surface area contributed by atoms with Gasteiger partial charge in [-0.3, -0.25) is 9.59 Å². The molecule has 1 aromatic heterocycles. The van der Waals surface area contributed by atoms with E-state index in [2.05, 4.69) is 15.8 Å². The van der Waals surface area contributed by atoms with Crippen LogP contribution in [0, 0.1) is 6.92 Å². The topological polar surface area (TPSA) is 93.5 Å². The molecule has 3 rings (SSSR count). The standard InChI is InChI=1S/C15H15N3O4/c1-8-5-13(18-22-8)17-14(19)7-10-3-4-12-11(6-10)16-15(20)9(2)21-12/h3-6,9H,7H2,1-2H3,(H,16,20)(H,17,18,19). The lowest BCUT2D eigenvalue weighted by Crippen LogP contribution is -2.34. The van der Waals surface area contributed by atoms with E-state index >= 15 is 0 Å². The van der Waals surface area contributed by atoms with Crippen LogP contribution in [-0.4, -0.2) is 23.1 Å². The van der Waals surface area contributed by atoms with E-state index in [9.17, 15) is 9.59 Å². The number of hydrogen-bond donors (Lipinski definition) is 2. The summed E-state index contributed by atoms with van der Waals surface area (Å²) in [5.74, 6) is 1.18. The van der Waals surface area contributed by atoms with Crippen LogP contribution in [0.3, 0.4) is 0 Å². The average molecular weight is 301 g/mol. The van der Waals surface area contributed by atoms with Crippen LogP contribution in [0.25, 0.3) is 0 Å². The highest BCUT2D eigenvalue weighted by Crippen LogP contribution is 2.30. The number of anilines is 2. The molecule has 0 saturated heterocycles. The van der Waals surface area contributed by atoms with Gasteiger partial charge in [0.1, 0.15) is 11.5 Å². The zero-order valence-electron chi connectivity index (χ0n) is 12.2. The van der Waals surface area contributed by atoms with Gasteiger partial charge in [0.2, 0.25) is 5.91 Å². The van der Waals surface area contributed by atoms with Crippen molar-refractivity contribution in [3.63, 3.8) is 0 Å². The summed E-state index contributed by atoms with van der Waals surface area (Å²) in [7, 11) is 0. The van der Waals surface area contributed by atoms with Crippen molar-refractivity contribution in [1.29, 1.82) is 0 Å². The van der Waals surface area contributed by atoms with Gasteiger partial charge in [0, 0.05) is 6.07 Å². The van der Waals surface area contributed by atoms with Crippen LogP contribution in [0.1, 0.15) is 18.2 Å². The lowest BCUT2D eigenvalue weighted by atomic mass is 10.1. The van der Waals surface area contributed by atoms with Gasteiger partial charge in [-0.25, -0.2) is 0 Å². The first-order valence-corrected chi connectivity index (χ1v) is 6.85. The Bertz CT molecular complexity index is 738. The minimum atomic E-state index is -0.517. The van der Waals surface area contributed by atoms with E-state index < -0.39 is 6.10 Å². The Morgan fingerprint density at radius 3 is 2.95 bits per heavy atom. The van der Waals surface area contributed by atoms with Crippen LogP contribution in [-0.2, 0) is 16.0 Å². The van der Waals surface area contributed by atoms with Crippen LogP contribution < -0.4 is 15.4 Å². The number of ether oxygens (including phenoxy) is 1. The van der Waals surface area contributed by atoms with E-state index in [0.29, 0.717) is 23.0 Å². The quantitative estimate of drug-likeness (QED) is 0.903. The van der Waals surface area contributed by atoms with Crippen molar-refractivity contribution >= 4 is 23.3 Å². The lowest BCUT2D eigenvalue weighted by Gasteiger charge is -2.23. The van der Waals surface area contributed by atoms with Crippen LogP contribution in [0.5, 0.6) is 5.75 Å². The van der Waals surface area contributed by atoms with Crippen LogP contribution in [0.4, 0.5) is 11.5 Å². The summed E-state index contributed by atoms with van der Waals surface area (Å²) >= 11 is 0. The second kappa shape index (κ2) is 5.51. The van der Waals surface area contributed by atoms with Crippen molar-refractivity contribution < 1.29 is 18.8 Å². The Kier molecular flexibility index (Phi) is 3.54. The molecule has 2 amide bonds. The zero-order chi connectivity index (χ0) is 15.7. The van der Waals surface area contributed by atoms with Gasteiger partial charge in [0.25, 0.3) is 5.91 Å². The Hall–Kier alpha value is -2.83. The third-order valence-corrected chi connectivity index (χ3v) is 3.23. The summed E-state index contributed by atoms with van der Waals surface area (Å²) in [6, 6.07) is 6.90. The normalized spacial score (nSPS) is 16.5. The molecule has 0 radical (unpaired) electrons. The number of nitrogens with zero attached hydrogens (tertiary/aromatic N) is 1. The van der Waals surface area contributed by atoms with Crippen molar-refractivity contribution in [3.05, 3.63) is 35.6 Å². The summed E-state index contributed by atoms with van der Waals surface area (Å²) in [6.45, 7) is 3.43. The van der Waals surface area contributed by atoms with Gasteiger partial charge in [0.05, 0.1) is 12.1 Å². The molecule has 0 fully saturated rings. The van der Waals surface area contributed by atoms with Crippen molar-refractivity contribution in [1.82, 2.24) is 5.16 Å². The molecule has 22 heavy (non-hydrogen) atoms. The molecule has 114 valence electrons. The highest BCUT2D eigenvalue weighted by molar-refractivity contribution is 5.98. The first kappa shape index (κ1) is 14.1. The maximum Gasteiger partial charge on any atom is 0.265 e. The molecular formula is C15H15N3O4. The molecule has 1 unspecified atom stereocenters. The minimum Gasteiger partial charge on any atom is -0.479 e. The largest absolute Gasteiger partial charge is 0.479 e. The van der Waals surface area contributed by atoms with Gasteiger partial charge >= 0.3 is 0 Å². The van der Waals surface area contributed by atoms with Crippen molar-refractivity contribution in [2.45, 2.75) is 26.4 Å². The highest BCUT2D eigenvalue weighted by atomic mass is 16.5. The Morgan fingerprint density at radius 2 is 2.23 bits per heavy atom. The fraction of sp³-hybridized carbons (Fsp3) is 0.267. The first-order valence-electron chi connectivity index (χ1n) is 6.85. The van der Waals surface area contributed by atoms with Crippen molar-refractivity contribution in [3.8, 4) is 5.75 Å². The van der Waals surface area contributed by atoms with Gasteiger partial charge in [0.15, 0.2) is 11.9 Å². The molecule has 2 N–H and O–H groups in total. The van der Waals surface area contributed by atoms with Crippen molar-refractivity contribution in [2.75, 3.05) is 10.6 Å². The molecule has 2 aromatic rings. The number of benzene rings is 1. The SMILES string of the molecule is Cc1cc(NC(=O)Cc2ccc3c(c2)NC(=O)C(C)O3)no1. The van der Waals surface area contributed by atoms with Gasteiger partial charge < -0.3 is 19.9 Å². The van der Waals surface area contributed by atoms with Gasteiger partial charge in [-0.1, -0.05) is 11.2 Å². The predicted molar refractivity (Wildman–Crippen MR) is 78.7 cm³/mol. The van der Waals surface area contributed by atoms with Gasteiger partial charge in [-0.05, 0) is 31.5 Å². The number of aryl methyl sites for hydroxylation is 1. The molecule has 1 atom stereocenters. The third kappa shape index (κ3) is 2.93. The summed E-state index contributed by atoms with van der Waals surface area (Å²) in [5, 5.41) is 9.10. The summed E-state index contributed by atoms with van der Waals surface area (Å²) < 4.78 is 10.4. The monoisotopic (exact) mass is 301 g/mol. The number of carbonyl (C=O) groups excluding carboxylic acids is 2. The fourth-order valence-electron chi connectivity index (χ4n) is 2.16. The molecule has 2 heterocycles. The molecule has 0 aliphatic carbocycles. The summed E-state index contributed by atoms with van der Waals surface area (Å²) in [4.78, 5) is 23.6. The second-order valence-corrected chi connectivity index (χ2v) is 5.13. The maximum absolute atomic E-state index is 12.0. The lowest BCUT2D eigenvalue weighted by molar-refractivity contribution is -0.122. The maximum atomic E-state index is 12.0. The smallest absolute Gasteiger partial charge is 0.265 e. The first-order chi connectivity index (χ1) is 10.5. The summed E-state index contributed by atoms with van der Waals surface area (Å²) in [5.41, 5.74) is 1.33. The van der Waals surface area contributed by atoms with Crippen LogP contribution in [0.2, 0.25) is 0 Å². The minimum absolute atomic E-state index is 0.157. The highest BCUT2D eigenvalue weighted by Gasteiger charge is 2.23. The Morgan fingerprint density at radius 1 is 1.41 bits per heavy atom. The van der Waals surface area contributed by atoms with E-state index in [1.54, 1.807) is 38.1 Å². The number of nitrogens with one attached hydrogen (secondary N) is 2. The molecule has 1 aromatic carbocycles. The van der Waals surface area contributed by atoms with E-state index in [0.717, 1.165) is 5.56 Å². The third-order valence-electron chi connectivity index (χ3n) is 3.23. The van der Waals surface area contributed by atoms with Crippen LogP contribution in [0.15, 0.2) is 28.8 Å². The Balaban J connectivity index is 1.69. The number of amides is 2. The second-order valence-electron chi connectivity index (χ2n) is 5.13. The molecule has 0 bridgehead atoms. The predicted octanol–water partition coefficient (Wildman–Crippen LogP) is 1.88. The molecule has 7 nitrogen and oxygen atoms in total. The van der Waals surface area contributed by atoms with E-state index in [-0.39, 0.29) is 18.2 Å². The molecule has 7 heteroatoms. The zero-order valence-corrected chi connectivity index (χ0v) is 12.2. The number of aromatic nitrogens is 1. The van der Waals surface area contributed by atoms with E-state index in [1.165, 1.54) is 0 Å². The number of carbonyl (C=O) groups is 2. The number of fused-ring (bicyclic) bond motifs is 1. The van der Waals surface area contributed by atoms with Gasteiger partial charge in [-0.15, -0.1) is 0 Å². The summed E-state index contributed by atoms with van der Waals surface area (Å²) in [6.07, 6.45) is -0.359. The number of rotatable bonds is 3. The molecule has 1 aliphatic heterocycles. The van der Waals surface area contributed by atoms with E-state index in [1.807, 2.05) is 0 Å². The average Bonchev–Trinajstić information content (AvgIpc) is 2.85. The molecule has 0 saturated carbocycles. The van der Waals surface area contributed by atoms with Crippen LogP contribution >= 0.6 is 0 Å². The van der Waals surface area contributed by atoms with E-state index in [4.69, 9.17) is 9.26 Å². The van der Waals surface area contributed by atoms with Crippen molar-refractivity contribution in [2.24, 2.45) is 0 Å². The number of hydrogen-bond acceptors (Lipinski definition) is 5. The Labute approximate surface area is 126 Å². The molecule has 1 aliphatic rings.